The molecule has 0 aromatic carbocycles. The highest BCUT2D eigenvalue weighted by Gasteiger charge is 2.12. The first kappa shape index (κ1) is 11.2. The number of imidazole rings is 1. The van der Waals surface area contributed by atoms with Crippen molar-refractivity contribution in [3.05, 3.63) is 29.7 Å². The molecule has 0 aliphatic heterocycles. The van der Waals surface area contributed by atoms with E-state index in [1.54, 1.807) is 17.5 Å². The third-order valence-electron chi connectivity index (χ3n) is 2.79. The number of nitrogens with one attached hydrogen (secondary N) is 1. The van der Waals surface area contributed by atoms with Crippen LogP contribution in [0.25, 0.3) is 16.0 Å². The fourth-order valence-corrected chi connectivity index (χ4v) is 2.68. The van der Waals surface area contributed by atoms with Gasteiger partial charge in [0, 0.05) is 25.9 Å². The highest BCUT2D eigenvalue weighted by atomic mass is 32.1. The molecule has 0 radical (unpaired) electrons. The highest BCUT2D eigenvalue weighted by molar-refractivity contribution is 7.16. The van der Waals surface area contributed by atoms with Gasteiger partial charge < -0.3 is 5.32 Å². The van der Waals surface area contributed by atoms with Gasteiger partial charge >= 0.3 is 0 Å². The molecule has 3 aromatic heterocycles. The summed E-state index contributed by atoms with van der Waals surface area (Å²) in [4.78, 5) is 14.3. The fourth-order valence-electron chi connectivity index (χ4n) is 1.92. The van der Waals surface area contributed by atoms with Crippen LogP contribution >= 0.6 is 11.3 Å². The summed E-state index contributed by atoms with van der Waals surface area (Å²) in [7, 11) is 1.83. The number of anilines is 1. The molecule has 0 spiro atoms. The van der Waals surface area contributed by atoms with Gasteiger partial charge in [0.2, 0.25) is 5.95 Å². The van der Waals surface area contributed by atoms with Crippen molar-refractivity contribution < 1.29 is 0 Å². The van der Waals surface area contributed by atoms with Gasteiger partial charge in [-0.1, -0.05) is 6.92 Å². The Balaban J connectivity index is 2.30. The topological polar surface area (TPSA) is 55.6 Å². The van der Waals surface area contributed by atoms with Crippen LogP contribution in [0.2, 0.25) is 0 Å². The summed E-state index contributed by atoms with van der Waals surface area (Å²) in [5.41, 5.74) is 0. The second-order valence-corrected chi connectivity index (χ2v) is 4.72. The number of fused-ring (bicyclic) bond motifs is 1. The monoisotopic (exact) mass is 259 g/mol. The predicted octanol–water partition coefficient (Wildman–Crippen LogP) is 2.48. The normalized spacial score (nSPS) is 11.0. The third-order valence-corrected chi connectivity index (χ3v) is 3.60. The summed E-state index contributed by atoms with van der Waals surface area (Å²) in [5.74, 6) is 2.53. The molecule has 3 heterocycles. The van der Waals surface area contributed by atoms with E-state index in [1.165, 1.54) is 0 Å². The van der Waals surface area contributed by atoms with Crippen LogP contribution in [0, 0.1) is 0 Å². The zero-order valence-electron chi connectivity index (χ0n) is 10.2. The van der Waals surface area contributed by atoms with Gasteiger partial charge in [0.15, 0.2) is 5.82 Å². The maximum atomic E-state index is 4.55. The fraction of sp³-hybridized carbons (Fsp3) is 0.250. The number of thiophene rings is 1. The lowest BCUT2D eigenvalue weighted by Gasteiger charge is -2.08. The number of nitrogens with zero attached hydrogens (tertiary/aromatic N) is 4. The van der Waals surface area contributed by atoms with E-state index in [-0.39, 0.29) is 0 Å². The Hall–Kier alpha value is -1.95. The standard InChI is InChI=1S/C12H13N5S/c1-3-9-14-5-6-17(9)10-8-4-7-18-11(8)16-12(13-2)15-10/h4-7H,3H2,1-2H3,(H,13,15,16). The minimum absolute atomic E-state index is 0.635. The Morgan fingerprint density at radius 1 is 1.39 bits per heavy atom. The lowest BCUT2D eigenvalue weighted by molar-refractivity contribution is 0.872. The first-order valence-corrected chi connectivity index (χ1v) is 6.67. The van der Waals surface area contributed by atoms with E-state index >= 15 is 0 Å². The second kappa shape index (κ2) is 4.38. The average Bonchev–Trinajstić information content (AvgIpc) is 3.05. The SMILES string of the molecule is CCc1nccn1-c1nc(NC)nc2sccc12. The van der Waals surface area contributed by atoms with Crippen LogP contribution in [0.3, 0.4) is 0 Å². The van der Waals surface area contributed by atoms with Crippen molar-refractivity contribution in [3.8, 4) is 5.82 Å². The minimum atomic E-state index is 0.635. The molecule has 3 aromatic rings. The molecule has 0 saturated carbocycles. The molecule has 3 rings (SSSR count). The van der Waals surface area contributed by atoms with E-state index in [4.69, 9.17) is 0 Å². The van der Waals surface area contributed by atoms with Crippen molar-refractivity contribution in [2.45, 2.75) is 13.3 Å². The van der Waals surface area contributed by atoms with Crippen LogP contribution in [-0.2, 0) is 6.42 Å². The van der Waals surface area contributed by atoms with E-state index in [1.807, 2.05) is 29.3 Å². The largest absolute Gasteiger partial charge is 0.357 e. The quantitative estimate of drug-likeness (QED) is 0.785. The van der Waals surface area contributed by atoms with E-state index in [0.29, 0.717) is 5.95 Å². The van der Waals surface area contributed by atoms with E-state index in [2.05, 4.69) is 27.2 Å². The molecule has 0 bridgehead atoms. The Labute approximate surface area is 109 Å². The Morgan fingerprint density at radius 3 is 3.06 bits per heavy atom. The van der Waals surface area contributed by atoms with Crippen LogP contribution in [0.5, 0.6) is 0 Å². The summed E-state index contributed by atoms with van der Waals surface area (Å²) in [6.45, 7) is 2.09. The predicted molar refractivity (Wildman–Crippen MR) is 73.5 cm³/mol. The minimum Gasteiger partial charge on any atom is -0.357 e. The third kappa shape index (κ3) is 1.65. The lowest BCUT2D eigenvalue weighted by Crippen LogP contribution is -2.05. The second-order valence-electron chi connectivity index (χ2n) is 3.83. The van der Waals surface area contributed by atoms with Crippen LogP contribution < -0.4 is 5.32 Å². The molecule has 5 nitrogen and oxygen atoms in total. The van der Waals surface area contributed by atoms with Gasteiger partial charge in [0.1, 0.15) is 10.7 Å². The van der Waals surface area contributed by atoms with Gasteiger partial charge in [-0.3, -0.25) is 4.57 Å². The van der Waals surface area contributed by atoms with Crippen molar-refractivity contribution in [2.75, 3.05) is 12.4 Å². The van der Waals surface area contributed by atoms with Gasteiger partial charge in [-0.25, -0.2) is 9.97 Å². The maximum absolute atomic E-state index is 4.55. The van der Waals surface area contributed by atoms with Crippen LogP contribution in [0.1, 0.15) is 12.7 Å². The summed E-state index contributed by atoms with van der Waals surface area (Å²) in [6, 6.07) is 2.05. The average molecular weight is 259 g/mol. The number of rotatable bonds is 3. The molecule has 0 aliphatic rings. The maximum Gasteiger partial charge on any atom is 0.225 e. The van der Waals surface area contributed by atoms with Gasteiger partial charge in [-0.05, 0) is 11.4 Å². The lowest BCUT2D eigenvalue weighted by atomic mass is 10.3. The smallest absolute Gasteiger partial charge is 0.225 e. The summed E-state index contributed by atoms with van der Waals surface area (Å²) in [6.07, 6.45) is 4.62. The molecule has 0 atom stereocenters. The first-order valence-electron chi connectivity index (χ1n) is 5.79. The molecule has 0 saturated heterocycles. The van der Waals surface area contributed by atoms with Crippen LogP contribution in [0.15, 0.2) is 23.8 Å². The van der Waals surface area contributed by atoms with Gasteiger partial charge in [-0.2, -0.15) is 4.98 Å². The van der Waals surface area contributed by atoms with Crippen LogP contribution in [-0.4, -0.2) is 26.6 Å². The van der Waals surface area contributed by atoms with E-state index in [9.17, 15) is 0 Å². The molecular formula is C12H13N5S. The number of aryl methyl sites for hydroxylation is 1. The zero-order chi connectivity index (χ0) is 12.5. The van der Waals surface area contributed by atoms with Crippen molar-refractivity contribution >= 4 is 27.5 Å². The highest BCUT2D eigenvalue weighted by Crippen LogP contribution is 2.26. The van der Waals surface area contributed by atoms with Gasteiger partial charge in [-0.15, -0.1) is 11.3 Å². The molecule has 0 fully saturated rings. The number of aromatic nitrogens is 4. The number of hydrogen-bond acceptors (Lipinski definition) is 5. The number of hydrogen-bond donors (Lipinski definition) is 1. The van der Waals surface area contributed by atoms with Crippen molar-refractivity contribution in [2.24, 2.45) is 0 Å². The van der Waals surface area contributed by atoms with Gasteiger partial charge in [0.05, 0.1) is 5.39 Å². The molecule has 18 heavy (non-hydrogen) atoms. The molecule has 6 heteroatoms. The molecule has 0 amide bonds. The summed E-state index contributed by atoms with van der Waals surface area (Å²) >= 11 is 1.62. The molecule has 92 valence electrons. The first-order chi connectivity index (χ1) is 8.83. The Morgan fingerprint density at radius 2 is 2.28 bits per heavy atom. The van der Waals surface area contributed by atoms with Crippen molar-refractivity contribution in [1.82, 2.24) is 19.5 Å². The molecule has 1 N–H and O–H groups in total. The Bertz CT molecular complexity index is 685. The zero-order valence-corrected chi connectivity index (χ0v) is 11.0. The summed E-state index contributed by atoms with van der Waals surface area (Å²) in [5, 5.41) is 6.09. The molecule has 0 unspecified atom stereocenters. The molecular weight excluding hydrogens is 246 g/mol. The Kier molecular flexibility index (Phi) is 2.71. The van der Waals surface area contributed by atoms with E-state index < -0.39 is 0 Å². The van der Waals surface area contributed by atoms with Crippen molar-refractivity contribution in [1.29, 1.82) is 0 Å². The van der Waals surface area contributed by atoms with Crippen LogP contribution in [0.4, 0.5) is 5.95 Å². The van der Waals surface area contributed by atoms with E-state index in [0.717, 1.165) is 28.3 Å². The summed E-state index contributed by atoms with van der Waals surface area (Å²) < 4.78 is 2.03. The van der Waals surface area contributed by atoms with Gasteiger partial charge in [0.25, 0.3) is 0 Å². The van der Waals surface area contributed by atoms with Crippen molar-refractivity contribution in [3.63, 3.8) is 0 Å². The molecule has 0 aliphatic carbocycles.